The number of amides is 2. The highest BCUT2D eigenvalue weighted by Crippen LogP contribution is 2.47. The van der Waals surface area contributed by atoms with E-state index in [4.69, 9.17) is 16.2 Å². The summed E-state index contributed by atoms with van der Waals surface area (Å²) < 4.78 is 45.3. The number of aliphatic hydroxyl groups is 2. The van der Waals surface area contributed by atoms with Crippen LogP contribution in [0.4, 0.5) is 13.2 Å². The number of carbonyl (C=O) groups excluding carboxylic acids is 3. The maximum Gasteiger partial charge on any atom is 0.416 e. The first kappa shape index (κ1) is 28.2. The van der Waals surface area contributed by atoms with Crippen molar-refractivity contribution in [1.29, 1.82) is 0 Å². The van der Waals surface area contributed by atoms with Gasteiger partial charge in [0.2, 0.25) is 17.6 Å². The highest BCUT2D eigenvalue weighted by atomic mass is 19.4. The monoisotopic (exact) mass is 593 g/mol. The van der Waals surface area contributed by atoms with E-state index in [0.29, 0.717) is 18.9 Å². The predicted octanol–water partition coefficient (Wildman–Crippen LogP) is -0.609. The lowest BCUT2D eigenvalue weighted by Crippen LogP contribution is -2.77. The molecule has 4 heterocycles. The zero-order valence-corrected chi connectivity index (χ0v) is 22.5. The van der Waals surface area contributed by atoms with Crippen LogP contribution in [0, 0.1) is 18.8 Å². The third-order valence-corrected chi connectivity index (χ3v) is 9.08. The van der Waals surface area contributed by atoms with E-state index in [-0.39, 0.29) is 35.8 Å². The molecule has 5 aliphatic rings. The normalized spacial score (nSPS) is 33.4. The SMILES string of the molecule is Cc1ccc(C(F)(F)F)cc1C(=O)O[C@H]1CN2C(N)=N[C@@H](CN3C(=O)C4CCCCC4C3=O)[C@@H]3N=C(N)N[C@@]32C1(O)O. The van der Waals surface area contributed by atoms with E-state index in [2.05, 4.69) is 15.3 Å². The lowest BCUT2D eigenvalue weighted by atomic mass is 9.81. The molecule has 2 saturated heterocycles. The van der Waals surface area contributed by atoms with E-state index in [9.17, 15) is 37.8 Å². The quantitative estimate of drug-likeness (QED) is 0.171. The minimum absolute atomic E-state index is 0.175. The number of halogens is 3. The van der Waals surface area contributed by atoms with Crippen LogP contribution in [0.5, 0.6) is 0 Å². The van der Waals surface area contributed by atoms with Crippen LogP contribution in [-0.4, -0.2) is 92.4 Å². The highest BCUT2D eigenvalue weighted by Gasteiger charge is 2.74. The van der Waals surface area contributed by atoms with Crippen molar-refractivity contribution >= 4 is 29.7 Å². The molecule has 4 aliphatic heterocycles. The van der Waals surface area contributed by atoms with Gasteiger partial charge in [0.15, 0.2) is 23.7 Å². The summed E-state index contributed by atoms with van der Waals surface area (Å²) in [5.74, 6) is -6.12. The van der Waals surface area contributed by atoms with Crippen LogP contribution >= 0.6 is 0 Å². The Morgan fingerprint density at radius 1 is 1.14 bits per heavy atom. The molecule has 7 N–H and O–H groups in total. The van der Waals surface area contributed by atoms with E-state index in [0.717, 1.165) is 29.9 Å². The molecule has 3 fully saturated rings. The van der Waals surface area contributed by atoms with Gasteiger partial charge in [-0.05, 0) is 37.5 Å². The topological polar surface area (TPSA) is 196 Å². The summed E-state index contributed by atoms with van der Waals surface area (Å²) in [5.41, 5.74) is 8.89. The predicted molar refractivity (Wildman–Crippen MR) is 138 cm³/mol. The largest absolute Gasteiger partial charge is 0.451 e. The first-order valence-electron chi connectivity index (χ1n) is 13.6. The molecular formula is C26H30F3N7O6. The molecule has 0 radical (unpaired) electrons. The van der Waals surface area contributed by atoms with Crippen molar-refractivity contribution in [1.82, 2.24) is 15.1 Å². The van der Waals surface area contributed by atoms with Gasteiger partial charge in [-0.25, -0.2) is 14.8 Å². The van der Waals surface area contributed by atoms with Gasteiger partial charge < -0.3 is 36.6 Å². The number of likely N-dealkylation sites (tertiary alicyclic amines) is 1. The average molecular weight is 594 g/mol. The zero-order chi connectivity index (χ0) is 30.4. The molecule has 0 aromatic heterocycles. The molecule has 1 aliphatic carbocycles. The second-order valence-electron chi connectivity index (χ2n) is 11.4. The van der Waals surface area contributed by atoms with Gasteiger partial charge in [-0.3, -0.25) is 14.5 Å². The molecule has 1 aromatic carbocycles. The van der Waals surface area contributed by atoms with E-state index in [1.54, 1.807) is 0 Å². The minimum atomic E-state index is -4.72. The standard InChI is InChI=1S/C26H30F3N7O6/c1-11-6-7-12(26(27,28)29)8-15(11)21(39)42-17-10-36-23(31)32-16(18-24(36,25(17,40)41)34-22(30)33-18)9-35-19(37)13-4-2-3-5-14(13)20(35)38/h6-8,13-14,16-18,40-41H,2-5,9-10H2,1H3,(H2,31,32)(H3,30,33,34)/t13?,14?,16-,17-,18-,24-/m0/s1. The highest BCUT2D eigenvalue weighted by molar-refractivity contribution is 6.05. The fourth-order valence-electron chi connectivity index (χ4n) is 6.98. The fraction of sp³-hybridized carbons (Fsp3) is 0.577. The zero-order valence-electron chi connectivity index (χ0n) is 22.5. The number of hydrogen-bond donors (Lipinski definition) is 5. The molecule has 16 heteroatoms. The molecule has 0 bridgehead atoms. The number of nitrogens with two attached hydrogens (primary N) is 2. The Balaban J connectivity index is 1.29. The molecule has 13 nitrogen and oxygen atoms in total. The van der Waals surface area contributed by atoms with Crippen molar-refractivity contribution in [2.45, 2.75) is 68.4 Å². The van der Waals surface area contributed by atoms with Crippen molar-refractivity contribution < 1.29 is 42.5 Å². The van der Waals surface area contributed by atoms with Crippen molar-refractivity contribution in [3.8, 4) is 0 Å². The average Bonchev–Trinajstić information content (AvgIpc) is 3.48. The summed E-state index contributed by atoms with van der Waals surface area (Å²) in [6.07, 6.45) is -3.59. The summed E-state index contributed by atoms with van der Waals surface area (Å²) in [6.45, 7) is 0.735. The Bertz CT molecular complexity index is 1410. The van der Waals surface area contributed by atoms with Crippen LogP contribution in [0.25, 0.3) is 0 Å². The molecule has 42 heavy (non-hydrogen) atoms. The number of fused-ring (bicyclic) bond motifs is 1. The van der Waals surface area contributed by atoms with Crippen LogP contribution in [0.2, 0.25) is 0 Å². The van der Waals surface area contributed by atoms with Crippen molar-refractivity contribution in [3.63, 3.8) is 0 Å². The van der Waals surface area contributed by atoms with Gasteiger partial charge in [0, 0.05) is 0 Å². The summed E-state index contributed by atoms with van der Waals surface area (Å²) in [4.78, 5) is 50.4. The summed E-state index contributed by atoms with van der Waals surface area (Å²) in [5, 5.41) is 25.8. The Morgan fingerprint density at radius 3 is 2.40 bits per heavy atom. The van der Waals surface area contributed by atoms with Crippen molar-refractivity contribution in [2.24, 2.45) is 33.3 Å². The Hall–Kier alpha value is -3.92. The summed E-state index contributed by atoms with van der Waals surface area (Å²) >= 11 is 0. The van der Waals surface area contributed by atoms with E-state index >= 15 is 0 Å². The molecule has 1 spiro atoms. The van der Waals surface area contributed by atoms with Crippen LogP contribution in [0.3, 0.4) is 0 Å². The van der Waals surface area contributed by atoms with Gasteiger partial charge in [-0.1, -0.05) is 18.9 Å². The Kier molecular flexibility index (Phi) is 6.24. The number of hydrogen-bond acceptors (Lipinski definition) is 12. The number of alkyl halides is 3. The number of aryl methyl sites for hydroxylation is 1. The van der Waals surface area contributed by atoms with Gasteiger partial charge >= 0.3 is 12.1 Å². The van der Waals surface area contributed by atoms with E-state index in [1.807, 2.05) is 0 Å². The van der Waals surface area contributed by atoms with Crippen molar-refractivity contribution in [2.75, 3.05) is 13.1 Å². The number of aliphatic imine (C=N–C) groups is 2. The molecule has 6 atom stereocenters. The number of benzene rings is 1. The molecule has 1 aromatic rings. The number of rotatable bonds is 4. The lowest BCUT2D eigenvalue weighted by Gasteiger charge is -2.48. The Morgan fingerprint density at radius 2 is 1.79 bits per heavy atom. The molecular weight excluding hydrogens is 563 g/mol. The molecule has 226 valence electrons. The summed E-state index contributed by atoms with van der Waals surface area (Å²) in [7, 11) is 0. The van der Waals surface area contributed by atoms with E-state index < -0.39 is 71.3 Å². The maximum absolute atomic E-state index is 13.3. The second-order valence-corrected chi connectivity index (χ2v) is 11.4. The third-order valence-electron chi connectivity index (χ3n) is 9.08. The number of imide groups is 1. The van der Waals surface area contributed by atoms with Crippen LogP contribution < -0.4 is 16.8 Å². The number of nitrogens with zero attached hydrogens (tertiary/aromatic N) is 4. The maximum atomic E-state index is 13.3. The fourth-order valence-corrected chi connectivity index (χ4v) is 6.98. The Labute approximate surface area is 237 Å². The smallest absolute Gasteiger partial charge is 0.416 e. The number of guanidine groups is 2. The van der Waals surface area contributed by atoms with Gasteiger partial charge in [0.05, 0.1) is 42.1 Å². The van der Waals surface area contributed by atoms with Gasteiger partial charge in [0.1, 0.15) is 6.04 Å². The molecule has 6 rings (SSSR count). The molecule has 1 saturated carbocycles. The summed E-state index contributed by atoms with van der Waals surface area (Å²) in [6, 6.07) is 0.304. The minimum Gasteiger partial charge on any atom is -0.451 e. The third kappa shape index (κ3) is 3.95. The first-order valence-corrected chi connectivity index (χ1v) is 13.6. The second kappa shape index (κ2) is 9.29. The van der Waals surface area contributed by atoms with Crippen molar-refractivity contribution in [3.05, 3.63) is 34.9 Å². The van der Waals surface area contributed by atoms with Crippen LogP contribution in [0.15, 0.2) is 28.2 Å². The van der Waals surface area contributed by atoms with Gasteiger partial charge in [-0.15, -0.1) is 0 Å². The first-order chi connectivity index (χ1) is 19.7. The molecule has 2 unspecified atom stereocenters. The number of nitrogens with one attached hydrogen (secondary N) is 1. The molecule has 2 amide bonds. The number of carbonyl (C=O) groups is 3. The van der Waals surface area contributed by atoms with Crippen LogP contribution in [-0.2, 0) is 20.5 Å². The number of esters is 1. The van der Waals surface area contributed by atoms with E-state index in [1.165, 1.54) is 11.8 Å². The van der Waals surface area contributed by atoms with Gasteiger partial charge in [0.25, 0.3) is 0 Å². The lowest BCUT2D eigenvalue weighted by molar-refractivity contribution is -0.256. The van der Waals surface area contributed by atoms with Crippen LogP contribution in [0.1, 0.15) is 47.2 Å². The van der Waals surface area contributed by atoms with Gasteiger partial charge in [-0.2, -0.15) is 13.2 Å². The number of ether oxygens (including phenoxy) is 1.